The third-order valence-electron chi connectivity index (χ3n) is 6.19. The van der Waals surface area contributed by atoms with Crippen LogP contribution in [0.5, 0.6) is 0 Å². The standard InChI is InChI=1S/C27H36BN7O8/c1-34(17-36)16-19-13-20(5-4-18(19)14-28)32-26(41)21(3-2-9-30-27(29)42)33-23(38)15-31-22(37)8-11-43-12-10-35-24(39)6-7-25(35)40/h4-7,13,17,21H,2-3,8-12,14-16H2,1H3,(H,31,37)(H,32,41)(H,33,38)(H3,29,30,42)/t21-/m0/s1. The highest BCUT2D eigenvalue weighted by Gasteiger charge is 2.23. The predicted octanol–water partition coefficient (Wildman–Crippen LogP) is -1.74. The number of anilines is 1. The fourth-order valence-electron chi connectivity index (χ4n) is 3.96. The van der Waals surface area contributed by atoms with E-state index in [1.165, 1.54) is 17.1 Å². The van der Waals surface area contributed by atoms with Crippen LogP contribution in [0.2, 0.25) is 0 Å². The number of nitrogens with two attached hydrogens (primary N) is 1. The van der Waals surface area contributed by atoms with E-state index < -0.39 is 48.2 Å². The zero-order chi connectivity index (χ0) is 31.8. The van der Waals surface area contributed by atoms with Crippen molar-refractivity contribution in [2.75, 3.05) is 45.2 Å². The number of rotatable bonds is 19. The molecular formula is C27H36BN7O8. The lowest BCUT2D eigenvalue weighted by atomic mass is 9.92. The highest BCUT2D eigenvalue weighted by molar-refractivity contribution is 6.12. The van der Waals surface area contributed by atoms with Crippen LogP contribution in [0.15, 0.2) is 30.4 Å². The molecule has 1 aliphatic rings. The molecule has 230 valence electrons. The second-order valence-electron chi connectivity index (χ2n) is 9.55. The van der Waals surface area contributed by atoms with Gasteiger partial charge in [-0.15, -0.1) is 0 Å². The Hall–Kier alpha value is -4.73. The summed E-state index contributed by atoms with van der Waals surface area (Å²) in [6.45, 7) is 0.162. The average molecular weight is 597 g/mol. The van der Waals surface area contributed by atoms with Gasteiger partial charge in [0.15, 0.2) is 0 Å². The number of imide groups is 1. The van der Waals surface area contributed by atoms with Gasteiger partial charge in [-0.05, 0) is 30.5 Å². The summed E-state index contributed by atoms with van der Waals surface area (Å²) in [5.74, 6) is -2.49. The molecule has 0 saturated carbocycles. The summed E-state index contributed by atoms with van der Waals surface area (Å²) in [5, 5.41) is 10.2. The molecule has 0 saturated heterocycles. The maximum absolute atomic E-state index is 13.1. The molecule has 43 heavy (non-hydrogen) atoms. The molecule has 8 amide bonds. The zero-order valence-corrected chi connectivity index (χ0v) is 23.9. The minimum absolute atomic E-state index is 0.00255. The Morgan fingerprint density at radius 1 is 1.07 bits per heavy atom. The predicted molar refractivity (Wildman–Crippen MR) is 155 cm³/mol. The maximum Gasteiger partial charge on any atom is 0.312 e. The molecule has 1 heterocycles. The van der Waals surface area contributed by atoms with Crippen LogP contribution in [0.1, 0.15) is 30.4 Å². The van der Waals surface area contributed by atoms with Gasteiger partial charge in [-0.3, -0.25) is 33.7 Å². The third kappa shape index (κ3) is 12.4. The van der Waals surface area contributed by atoms with Crippen molar-refractivity contribution in [3.05, 3.63) is 41.5 Å². The van der Waals surface area contributed by atoms with Crippen LogP contribution < -0.4 is 27.0 Å². The van der Waals surface area contributed by atoms with E-state index in [0.29, 0.717) is 18.5 Å². The molecule has 16 heteroatoms. The molecule has 2 rings (SSSR count). The number of carbonyl (C=O) groups is 7. The molecule has 1 aromatic carbocycles. The Balaban J connectivity index is 1.87. The van der Waals surface area contributed by atoms with Crippen LogP contribution in [0.25, 0.3) is 0 Å². The van der Waals surface area contributed by atoms with Gasteiger partial charge in [0.25, 0.3) is 11.8 Å². The van der Waals surface area contributed by atoms with Crippen LogP contribution in [-0.4, -0.2) is 106 Å². The first-order chi connectivity index (χ1) is 20.5. The van der Waals surface area contributed by atoms with Crippen LogP contribution in [0.3, 0.4) is 0 Å². The van der Waals surface area contributed by atoms with Crippen molar-refractivity contribution in [3.8, 4) is 0 Å². The molecule has 2 radical (unpaired) electrons. The second-order valence-corrected chi connectivity index (χ2v) is 9.55. The number of ether oxygens (including phenoxy) is 1. The number of amides is 8. The highest BCUT2D eigenvalue weighted by atomic mass is 16.5. The quantitative estimate of drug-likeness (QED) is 0.0534. The molecular weight excluding hydrogens is 561 g/mol. The Bertz CT molecular complexity index is 1210. The fourth-order valence-corrected chi connectivity index (χ4v) is 3.96. The average Bonchev–Trinajstić information content (AvgIpc) is 3.29. The molecule has 1 aliphatic heterocycles. The van der Waals surface area contributed by atoms with Crippen molar-refractivity contribution in [1.29, 1.82) is 0 Å². The molecule has 0 aromatic heterocycles. The summed E-state index contributed by atoms with van der Waals surface area (Å²) in [5.41, 5.74) is 7.04. The van der Waals surface area contributed by atoms with Gasteiger partial charge in [0.05, 0.1) is 34.1 Å². The number of hydrogen-bond donors (Lipinski definition) is 5. The van der Waals surface area contributed by atoms with Gasteiger partial charge in [0.2, 0.25) is 24.1 Å². The summed E-state index contributed by atoms with van der Waals surface area (Å²) >= 11 is 0. The topological polar surface area (TPSA) is 209 Å². The normalized spacial score (nSPS) is 12.9. The van der Waals surface area contributed by atoms with Crippen molar-refractivity contribution < 1.29 is 38.3 Å². The smallest absolute Gasteiger partial charge is 0.312 e. The second kappa shape index (κ2) is 17.9. The van der Waals surface area contributed by atoms with Gasteiger partial charge in [0, 0.05) is 44.4 Å². The maximum atomic E-state index is 13.1. The molecule has 0 fully saturated rings. The van der Waals surface area contributed by atoms with Gasteiger partial charge >= 0.3 is 6.03 Å². The summed E-state index contributed by atoms with van der Waals surface area (Å²) < 4.78 is 5.29. The Morgan fingerprint density at radius 2 is 1.79 bits per heavy atom. The largest absolute Gasteiger partial charge is 0.379 e. The summed E-state index contributed by atoms with van der Waals surface area (Å²) in [6, 6.07) is 3.34. The number of hydrogen-bond acceptors (Lipinski definition) is 8. The van der Waals surface area contributed by atoms with E-state index in [0.717, 1.165) is 16.0 Å². The van der Waals surface area contributed by atoms with Crippen molar-refractivity contribution in [2.45, 2.75) is 38.2 Å². The van der Waals surface area contributed by atoms with Gasteiger partial charge in [-0.2, -0.15) is 0 Å². The Kier molecular flexibility index (Phi) is 14.4. The SMILES string of the molecule is [B]Cc1ccc(NC(=O)[C@H](CCCNC(N)=O)NC(=O)CNC(=O)CCOCCN2C(=O)C=CC2=O)cc1CN(C)C=O. The molecule has 1 atom stereocenters. The van der Waals surface area contributed by atoms with E-state index in [2.05, 4.69) is 21.3 Å². The van der Waals surface area contributed by atoms with Crippen LogP contribution in [0, 0.1) is 0 Å². The van der Waals surface area contributed by atoms with Gasteiger partial charge in [0.1, 0.15) is 6.04 Å². The molecule has 15 nitrogen and oxygen atoms in total. The minimum Gasteiger partial charge on any atom is -0.379 e. The number of urea groups is 1. The lowest BCUT2D eigenvalue weighted by Gasteiger charge is -2.20. The number of nitrogens with zero attached hydrogens (tertiary/aromatic N) is 2. The van der Waals surface area contributed by atoms with Crippen molar-refractivity contribution in [1.82, 2.24) is 25.8 Å². The van der Waals surface area contributed by atoms with Crippen LogP contribution in [0.4, 0.5) is 10.5 Å². The lowest BCUT2D eigenvalue weighted by Crippen LogP contribution is -2.47. The Morgan fingerprint density at radius 3 is 2.44 bits per heavy atom. The lowest BCUT2D eigenvalue weighted by molar-refractivity contribution is -0.138. The highest BCUT2D eigenvalue weighted by Crippen LogP contribution is 2.18. The van der Waals surface area contributed by atoms with E-state index in [4.69, 9.17) is 18.3 Å². The van der Waals surface area contributed by atoms with E-state index in [-0.39, 0.29) is 52.0 Å². The van der Waals surface area contributed by atoms with E-state index in [9.17, 15) is 33.6 Å². The summed E-state index contributed by atoms with van der Waals surface area (Å²) in [6.07, 6.45) is 3.63. The van der Waals surface area contributed by atoms with E-state index >= 15 is 0 Å². The van der Waals surface area contributed by atoms with Gasteiger partial charge in [-0.25, -0.2) is 4.79 Å². The molecule has 0 aliphatic carbocycles. The van der Waals surface area contributed by atoms with Gasteiger partial charge < -0.3 is 36.6 Å². The molecule has 0 bridgehead atoms. The first-order valence-corrected chi connectivity index (χ1v) is 13.5. The number of benzene rings is 1. The van der Waals surface area contributed by atoms with Crippen LogP contribution in [-0.2, 0) is 46.4 Å². The van der Waals surface area contributed by atoms with E-state index in [1.807, 2.05) is 0 Å². The Labute approximate surface area is 250 Å². The van der Waals surface area contributed by atoms with Crippen molar-refractivity contribution >= 4 is 55.5 Å². The zero-order valence-electron chi connectivity index (χ0n) is 23.9. The van der Waals surface area contributed by atoms with E-state index in [1.54, 1.807) is 25.2 Å². The van der Waals surface area contributed by atoms with Crippen molar-refractivity contribution in [2.24, 2.45) is 5.73 Å². The number of primary amides is 1. The van der Waals surface area contributed by atoms with Gasteiger partial charge in [-0.1, -0.05) is 17.9 Å². The van der Waals surface area contributed by atoms with Crippen molar-refractivity contribution in [3.63, 3.8) is 0 Å². The number of carbonyl (C=O) groups excluding carboxylic acids is 7. The molecule has 0 unspecified atom stereocenters. The fraction of sp³-hybridized carbons (Fsp3) is 0.444. The molecule has 1 aromatic rings. The third-order valence-corrected chi connectivity index (χ3v) is 6.19. The first-order valence-electron chi connectivity index (χ1n) is 13.5. The minimum atomic E-state index is -1.01. The van der Waals surface area contributed by atoms with Crippen LogP contribution >= 0.6 is 0 Å². The molecule has 0 spiro atoms. The first kappa shape index (κ1) is 34.5. The monoisotopic (exact) mass is 597 g/mol. The molecule has 6 N–H and O–H groups in total. The summed E-state index contributed by atoms with van der Waals surface area (Å²) in [4.78, 5) is 85.3. The summed E-state index contributed by atoms with van der Waals surface area (Å²) in [7, 11) is 7.40. The number of nitrogens with one attached hydrogen (secondary N) is 4.